The van der Waals surface area contributed by atoms with E-state index in [4.69, 9.17) is 9.47 Å². The summed E-state index contributed by atoms with van der Waals surface area (Å²) in [7, 11) is 4.69. The number of amides is 1. The Morgan fingerprint density at radius 3 is 2.39 bits per heavy atom. The van der Waals surface area contributed by atoms with Crippen molar-refractivity contribution in [2.45, 2.75) is 13.5 Å². The van der Waals surface area contributed by atoms with E-state index in [9.17, 15) is 9.59 Å². The minimum atomic E-state index is -0.520. The van der Waals surface area contributed by atoms with Gasteiger partial charge in [0, 0.05) is 32.1 Å². The number of methoxy groups -OCH3 is 2. The Morgan fingerprint density at radius 1 is 1.22 bits per heavy atom. The maximum atomic E-state index is 11.5. The zero-order valence-corrected chi connectivity index (χ0v) is 11.0. The van der Waals surface area contributed by atoms with Crippen LogP contribution in [0.25, 0.3) is 0 Å². The molecule has 0 heterocycles. The van der Waals surface area contributed by atoms with E-state index in [-0.39, 0.29) is 0 Å². The van der Waals surface area contributed by atoms with E-state index in [1.54, 1.807) is 33.4 Å². The number of ketones is 1. The number of carbonyl (C=O) groups excluding carboxylic acids is 2. The van der Waals surface area contributed by atoms with Gasteiger partial charge in [-0.25, -0.2) is 0 Å². The minimum Gasteiger partial charge on any atom is -0.497 e. The van der Waals surface area contributed by atoms with Gasteiger partial charge in [-0.3, -0.25) is 9.59 Å². The van der Waals surface area contributed by atoms with E-state index in [1.807, 2.05) is 6.07 Å². The fourth-order valence-electron chi connectivity index (χ4n) is 1.58. The van der Waals surface area contributed by atoms with Crippen LogP contribution in [-0.4, -0.2) is 37.9 Å². The Hall–Kier alpha value is -2.04. The van der Waals surface area contributed by atoms with Gasteiger partial charge in [0.15, 0.2) is 0 Å². The standard InChI is InChI=1S/C13H17NO4/c1-9(15)13(16)14(2)8-10-5-6-11(17-3)7-12(10)18-4/h5-7H,8H2,1-4H3. The molecule has 98 valence electrons. The number of rotatable bonds is 5. The highest BCUT2D eigenvalue weighted by molar-refractivity contribution is 6.34. The zero-order chi connectivity index (χ0) is 13.7. The second kappa shape index (κ2) is 6.05. The van der Waals surface area contributed by atoms with Gasteiger partial charge in [0.1, 0.15) is 11.5 Å². The molecule has 0 spiro atoms. The summed E-state index contributed by atoms with van der Waals surface area (Å²) in [4.78, 5) is 23.8. The smallest absolute Gasteiger partial charge is 0.289 e. The van der Waals surface area contributed by atoms with E-state index >= 15 is 0 Å². The summed E-state index contributed by atoms with van der Waals surface area (Å²) < 4.78 is 10.3. The predicted octanol–water partition coefficient (Wildman–Crippen LogP) is 1.25. The lowest BCUT2D eigenvalue weighted by Gasteiger charge is -2.17. The summed E-state index contributed by atoms with van der Waals surface area (Å²) in [5, 5.41) is 0. The Morgan fingerprint density at radius 2 is 1.89 bits per heavy atom. The molecule has 0 atom stereocenters. The van der Waals surface area contributed by atoms with Crippen molar-refractivity contribution in [2.24, 2.45) is 0 Å². The maximum Gasteiger partial charge on any atom is 0.289 e. The van der Waals surface area contributed by atoms with Crippen molar-refractivity contribution in [3.05, 3.63) is 23.8 Å². The molecule has 0 aliphatic heterocycles. The van der Waals surface area contributed by atoms with Gasteiger partial charge in [-0.05, 0) is 12.1 Å². The molecule has 0 aliphatic carbocycles. The van der Waals surface area contributed by atoms with Crippen LogP contribution in [-0.2, 0) is 16.1 Å². The first-order valence-corrected chi connectivity index (χ1v) is 5.46. The summed E-state index contributed by atoms with van der Waals surface area (Å²) in [5.41, 5.74) is 0.815. The van der Waals surface area contributed by atoms with Crippen molar-refractivity contribution in [3.63, 3.8) is 0 Å². The van der Waals surface area contributed by atoms with Crippen molar-refractivity contribution in [1.29, 1.82) is 0 Å². The van der Waals surface area contributed by atoms with E-state index in [0.29, 0.717) is 18.0 Å². The third kappa shape index (κ3) is 3.23. The number of Topliss-reactive ketones (excluding diaryl/α,β-unsaturated/α-hetero) is 1. The molecular formula is C13H17NO4. The molecule has 0 saturated carbocycles. The van der Waals surface area contributed by atoms with Crippen molar-refractivity contribution in [1.82, 2.24) is 4.90 Å². The average molecular weight is 251 g/mol. The van der Waals surface area contributed by atoms with Gasteiger partial charge >= 0.3 is 0 Å². The van der Waals surface area contributed by atoms with E-state index in [1.165, 1.54) is 11.8 Å². The third-order valence-corrected chi connectivity index (χ3v) is 2.55. The van der Waals surface area contributed by atoms with E-state index < -0.39 is 11.7 Å². The number of likely N-dealkylation sites (N-methyl/N-ethyl adjacent to an activating group) is 1. The second-order valence-corrected chi connectivity index (χ2v) is 3.90. The molecule has 5 nitrogen and oxygen atoms in total. The molecule has 5 heteroatoms. The van der Waals surface area contributed by atoms with Crippen molar-refractivity contribution >= 4 is 11.7 Å². The number of hydrogen-bond donors (Lipinski definition) is 0. The Bertz CT molecular complexity index is 456. The monoisotopic (exact) mass is 251 g/mol. The van der Waals surface area contributed by atoms with Gasteiger partial charge in [0.05, 0.1) is 14.2 Å². The molecule has 0 unspecified atom stereocenters. The van der Waals surface area contributed by atoms with Crippen LogP contribution in [0.4, 0.5) is 0 Å². The molecule has 0 aliphatic rings. The SMILES string of the molecule is COc1ccc(CN(C)C(=O)C(C)=O)c(OC)c1. The van der Waals surface area contributed by atoms with Crippen LogP contribution in [0.2, 0.25) is 0 Å². The fraction of sp³-hybridized carbons (Fsp3) is 0.385. The average Bonchev–Trinajstić information content (AvgIpc) is 2.37. The molecule has 1 rings (SSSR count). The van der Waals surface area contributed by atoms with Gasteiger partial charge in [-0.2, -0.15) is 0 Å². The number of hydrogen-bond acceptors (Lipinski definition) is 4. The van der Waals surface area contributed by atoms with Crippen LogP contribution in [0, 0.1) is 0 Å². The number of ether oxygens (including phenoxy) is 2. The van der Waals surface area contributed by atoms with Crippen molar-refractivity contribution in [2.75, 3.05) is 21.3 Å². The summed E-state index contributed by atoms with van der Waals surface area (Å²) >= 11 is 0. The highest BCUT2D eigenvalue weighted by Crippen LogP contribution is 2.25. The van der Waals surface area contributed by atoms with Gasteiger partial charge in [0.2, 0.25) is 5.78 Å². The minimum absolute atomic E-state index is 0.311. The van der Waals surface area contributed by atoms with Crippen molar-refractivity contribution in [3.8, 4) is 11.5 Å². The molecule has 0 bridgehead atoms. The lowest BCUT2D eigenvalue weighted by atomic mass is 10.1. The molecule has 1 aromatic carbocycles. The lowest BCUT2D eigenvalue weighted by Crippen LogP contribution is -2.31. The Labute approximate surface area is 106 Å². The molecule has 0 aromatic heterocycles. The van der Waals surface area contributed by atoms with Gasteiger partial charge in [-0.1, -0.05) is 0 Å². The molecular weight excluding hydrogens is 234 g/mol. The quantitative estimate of drug-likeness (QED) is 0.739. The molecule has 0 radical (unpaired) electrons. The Balaban J connectivity index is 2.90. The molecule has 0 fully saturated rings. The summed E-state index contributed by atoms with van der Waals surface area (Å²) in [6, 6.07) is 5.33. The van der Waals surface area contributed by atoms with Gasteiger partial charge in [-0.15, -0.1) is 0 Å². The summed E-state index contributed by atoms with van der Waals surface area (Å²) in [6.07, 6.45) is 0. The first-order chi connectivity index (χ1) is 8.49. The highest BCUT2D eigenvalue weighted by Gasteiger charge is 2.16. The molecule has 0 saturated heterocycles. The molecule has 1 aromatic rings. The lowest BCUT2D eigenvalue weighted by molar-refractivity contribution is -0.143. The summed E-state index contributed by atoms with van der Waals surface area (Å²) in [5.74, 6) is 0.298. The topological polar surface area (TPSA) is 55.8 Å². The number of carbonyl (C=O) groups is 2. The normalized spacial score (nSPS) is 9.78. The second-order valence-electron chi connectivity index (χ2n) is 3.90. The Kier molecular flexibility index (Phi) is 4.71. The first kappa shape index (κ1) is 14.0. The predicted molar refractivity (Wildman–Crippen MR) is 66.7 cm³/mol. The molecule has 0 N–H and O–H groups in total. The fourth-order valence-corrected chi connectivity index (χ4v) is 1.58. The van der Waals surface area contributed by atoms with Crippen LogP contribution in [0.3, 0.4) is 0 Å². The third-order valence-electron chi connectivity index (χ3n) is 2.55. The van der Waals surface area contributed by atoms with Crippen LogP contribution in [0.5, 0.6) is 11.5 Å². The zero-order valence-electron chi connectivity index (χ0n) is 11.0. The van der Waals surface area contributed by atoms with Gasteiger partial charge in [0.25, 0.3) is 5.91 Å². The first-order valence-electron chi connectivity index (χ1n) is 5.46. The van der Waals surface area contributed by atoms with Crippen LogP contribution in [0.15, 0.2) is 18.2 Å². The maximum absolute atomic E-state index is 11.5. The molecule has 1 amide bonds. The number of nitrogens with zero attached hydrogens (tertiary/aromatic N) is 1. The number of benzene rings is 1. The summed E-state index contributed by atoms with van der Waals surface area (Å²) in [6.45, 7) is 1.57. The van der Waals surface area contributed by atoms with E-state index in [2.05, 4.69) is 0 Å². The van der Waals surface area contributed by atoms with Crippen LogP contribution >= 0.6 is 0 Å². The van der Waals surface area contributed by atoms with Crippen LogP contribution < -0.4 is 9.47 Å². The van der Waals surface area contributed by atoms with Crippen molar-refractivity contribution < 1.29 is 19.1 Å². The van der Waals surface area contributed by atoms with Crippen LogP contribution in [0.1, 0.15) is 12.5 Å². The van der Waals surface area contributed by atoms with Gasteiger partial charge < -0.3 is 14.4 Å². The largest absolute Gasteiger partial charge is 0.497 e. The highest BCUT2D eigenvalue weighted by atomic mass is 16.5. The van der Waals surface area contributed by atoms with E-state index in [0.717, 1.165) is 5.56 Å². The molecule has 18 heavy (non-hydrogen) atoms.